The Balaban J connectivity index is 1.47. The summed E-state index contributed by atoms with van der Waals surface area (Å²) >= 11 is 8.07. The van der Waals surface area contributed by atoms with Crippen LogP contribution in [0.2, 0.25) is 0 Å². The molecule has 1 amide bonds. The molecule has 2 atom stereocenters. The van der Waals surface area contributed by atoms with Crippen LogP contribution in [0.3, 0.4) is 0 Å². The number of allylic oxidation sites excluding steroid dienone is 2. The number of nitrogens with zero attached hydrogens (tertiary/aromatic N) is 3. The van der Waals surface area contributed by atoms with Gasteiger partial charge in [-0.15, -0.1) is 11.6 Å². The number of amides is 1. The van der Waals surface area contributed by atoms with Crippen LogP contribution in [-0.4, -0.2) is 56.4 Å². The van der Waals surface area contributed by atoms with Crippen molar-refractivity contribution in [3.05, 3.63) is 47.5 Å². The molecule has 0 aromatic carbocycles. The molecule has 0 bridgehead atoms. The minimum absolute atomic E-state index is 0.0164. The largest absolute Gasteiger partial charge is 0.367 e. The third kappa shape index (κ3) is 5.19. The molecular weight excluding hydrogens is 546 g/mol. The van der Waals surface area contributed by atoms with E-state index in [0.29, 0.717) is 31.1 Å². The monoisotopic (exact) mass is 572 g/mol. The van der Waals surface area contributed by atoms with Crippen molar-refractivity contribution in [1.29, 1.82) is 0 Å². The Morgan fingerprint density at radius 3 is 3.00 bits per heavy atom. The molecule has 1 fully saturated rings. The fraction of sp³-hybridized carbons (Fsp3) is 0.500. The van der Waals surface area contributed by atoms with Crippen molar-refractivity contribution in [2.45, 2.75) is 44.3 Å². The predicted molar refractivity (Wildman–Crippen MR) is 133 cm³/mol. The Hall–Kier alpha value is -1.88. The summed E-state index contributed by atoms with van der Waals surface area (Å²) in [5, 5.41) is 9.72. The third-order valence-electron chi connectivity index (χ3n) is 5.91. The van der Waals surface area contributed by atoms with Gasteiger partial charge >= 0.3 is 0 Å². The summed E-state index contributed by atoms with van der Waals surface area (Å²) in [6.45, 7) is 1.19. The summed E-state index contributed by atoms with van der Waals surface area (Å²) in [7, 11) is 0. The average molecular weight is 573 g/mol. The summed E-state index contributed by atoms with van der Waals surface area (Å²) < 4.78 is 15.4. The summed E-state index contributed by atoms with van der Waals surface area (Å²) in [6, 6.07) is 0.0164. The van der Waals surface area contributed by atoms with Crippen molar-refractivity contribution in [1.82, 2.24) is 25.5 Å². The number of fused-ring (bicyclic) bond motifs is 1. The smallest absolute Gasteiger partial charge is 0.222 e. The normalized spacial score (nSPS) is 22.2. The molecule has 3 aliphatic heterocycles. The lowest BCUT2D eigenvalue weighted by Gasteiger charge is -2.36. The van der Waals surface area contributed by atoms with E-state index in [1.54, 1.807) is 0 Å². The third-order valence-corrected chi connectivity index (χ3v) is 7.06. The van der Waals surface area contributed by atoms with Crippen LogP contribution in [0.25, 0.3) is 5.57 Å². The van der Waals surface area contributed by atoms with Crippen molar-refractivity contribution >= 4 is 51.5 Å². The van der Waals surface area contributed by atoms with Crippen LogP contribution >= 0.6 is 34.2 Å². The first-order valence-corrected chi connectivity index (χ1v) is 13.0. The second kappa shape index (κ2) is 10.8. The lowest BCUT2D eigenvalue weighted by Crippen LogP contribution is -2.47. The van der Waals surface area contributed by atoms with Crippen molar-refractivity contribution in [2.24, 2.45) is 0 Å². The van der Waals surface area contributed by atoms with E-state index in [0.717, 1.165) is 41.4 Å². The van der Waals surface area contributed by atoms with E-state index in [-0.39, 0.29) is 23.9 Å². The molecule has 1 saturated heterocycles. The number of halogens is 3. The van der Waals surface area contributed by atoms with E-state index in [9.17, 15) is 9.18 Å². The number of hydrogen-bond donors (Lipinski definition) is 3. The summed E-state index contributed by atoms with van der Waals surface area (Å²) in [4.78, 5) is 23.2. The first-order chi connectivity index (χ1) is 15.6. The molecule has 1 aromatic heterocycles. The Labute approximate surface area is 206 Å². The van der Waals surface area contributed by atoms with Crippen LogP contribution in [0.15, 0.2) is 35.8 Å². The predicted octanol–water partition coefficient (Wildman–Crippen LogP) is 3.55. The lowest BCUT2D eigenvalue weighted by molar-refractivity contribution is -0.134. The topological polar surface area (TPSA) is 82.2 Å². The number of aromatic nitrogens is 2. The van der Waals surface area contributed by atoms with Gasteiger partial charge in [-0.2, -0.15) is 0 Å². The van der Waals surface area contributed by atoms with Gasteiger partial charge in [0.05, 0.1) is 6.20 Å². The Bertz CT molecular complexity index is 952. The maximum Gasteiger partial charge on any atom is 0.222 e. The zero-order valence-corrected chi connectivity index (χ0v) is 20.6. The molecule has 1 unspecified atom stereocenters. The molecule has 0 aliphatic carbocycles. The molecule has 3 aliphatic rings. The number of hydrogen-bond acceptors (Lipinski definition) is 6. The van der Waals surface area contributed by atoms with Crippen LogP contribution in [0.1, 0.15) is 37.9 Å². The summed E-state index contributed by atoms with van der Waals surface area (Å²) in [6.07, 6.45) is 11.2. The second-order valence-corrected chi connectivity index (χ2v) is 9.22. The number of likely N-dealkylation sites (tertiary alicyclic amines) is 1. The molecule has 172 valence electrons. The molecule has 0 spiro atoms. The van der Waals surface area contributed by atoms with Gasteiger partial charge in [0.2, 0.25) is 5.91 Å². The summed E-state index contributed by atoms with van der Waals surface area (Å²) in [5.41, 5.74) is 3.06. The number of piperidine rings is 1. The van der Waals surface area contributed by atoms with E-state index in [1.165, 1.54) is 11.8 Å². The van der Waals surface area contributed by atoms with Crippen LogP contribution in [0.4, 0.5) is 10.2 Å². The number of anilines is 1. The van der Waals surface area contributed by atoms with Crippen molar-refractivity contribution in [2.75, 3.05) is 28.7 Å². The minimum Gasteiger partial charge on any atom is -0.367 e. The van der Waals surface area contributed by atoms with Gasteiger partial charge in [0.1, 0.15) is 6.17 Å². The molecule has 0 radical (unpaired) electrons. The Kier molecular flexibility index (Phi) is 7.88. The number of dihydropyridines is 1. The van der Waals surface area contributed by atoms with Gasteiger partial charge in [-0.1, -0.05) is 22.6 Å². The fourth-order valence-corrected chi connectivity index (χ4v) is 4.81. The molecule has 0 saturated carbocycles. The van der Waals surface area contributed by atoms with Gasteiger partial charge in [0.25, 0.3) is 0 Å². The van der Waals surface area contributed by atoms with Gasteiger partial charge < -0.3 is 20.9 Å². The Morgan fingerprint density at radius 1 is 1.34 bits per heavy atom. The molecule has 32 heavy (non-hydrogen) atoms. The first-order valence-electron chi connectivity index (χ1n) is 10.9. The van der Waals surface area contributed by atoms with E-state index in [4.69, 9.17) is 11.6 Å². The van der Waals surface area contributed by atoms with Gasteiger partial charge in [0.15, 0.2) is 17.5 Å². The van der Waals surface area contributed by atoms with Crippen molar-refractivity contribution < 1.29 is 9.18 Å². The van der Waals surface area contributed by atoms with Crippen LogP contribution in [0, 0.1) is 5.82 Å². The highest BCUT2D eigenvalue weighted by atomic mass is 127. The number of carbonyl (C=O) groups is 1. The number of alkyl halides is 2. The highest BCUT2D eigenvalue weighted by Crippen LogP contribution is 2.31. The van der Waals surface area contributed by atoms with Crippen molar-refractivity contribution in [3.63, 3.8) is 0 Å². The second-order valence-electron chi connectivity index (χ2n) is 8.08. The van der Waals surface area contributed by atoms with E-state index < -0.39 is 5.82 Å². The SMILES string of the molecule is O=C(CCCCl)N1CCCC[C@@H]1CNc1nc(C2=CNC3NC=C(CI)C=C23)ncc1F. The molecule has 4 heterocycles. The maximum atomic E-state index is 14.5. The maximum absolute atomic E-state index is 14.5. The van der Waals surface area contributed by atoms with Crippen molar-refractivity contribution in [3.8, 4) is 0 Å². The number of carbonyl (C=O) groups excluding carboxylic acids is 1. The molecule has 10 heteroatoms. The fourth-order valence-electron chi connectivity index (χ4n) is 4.23. The molecule has 3 N–H and O–H groups in total. The van der Waals surface area contributed by atoms with Gasteiger partial charge in [-0.25, -0.2) is 14.4 Å². The quantitative estimate of drug-likeness (QED) is 0.327. The highest BCUT2D eigenvalue weighted by molar-refractivity contribution is 14.1. The molecule has 7 nitrogen and oxygen atoms in total. The Morgan fingerprint density at radius 2 is 2.19 bits per heavy atom. The highest BCUT2D eigenvalue weighted by Gasteiger charge is 2.29. The van der Waals surface area contributed by atoms with E-state index in [1.807, 2.05) is 17.3 Å². The molecule has 4 rings (SSSR count). The van der Waals surface area contributed by atoms with Crippen LogP contribution < -0.4 is 16.0 Å². The standard InChI is InChI=1S/C22H27ClFIN6O/c23-6-3-5-19(32)31-7-2-1-4-15(31)11-27-22-18(24)13-29-21(30-22)17-12-28-20-16(17)8-14(9-25)10-26-20/h8,10,12-13,15,20,26,28H,1-7,9,11H2,(H,27,29,30)/t15-,20?/m1/s1. The van der Waals surface area contributed by atoms with Gasteiger partial charge in [0, 0.05) is 59.4 Å². The molecular formula is C22H27ClFIN6O. The van der Waals surface area contributed by atoms with E-state index in [2.05, 4.69) is 54.6 Å². The number of nitrogens with one attached hydrogen (secondary N) is 3. The first kappa shape index (κ1) is 23.3. The van der Waals surface area contributed by atoms with Gasteiger partial charge in [-0.05, 0) is 37.3 Å². The van der Waals surface area contributed by atoms with Crippen LogP contribution in [-0.2, 0) is 4.79 Å². The minimum atomic E-state index is -0.503. The van der Waals surface area contributed by atoms with Gasteiger partial charge in [-0.3, -0.25) is 4.79 Å². The zero-order chi connectivity index (χ0) is 22.5. The van der Waals surface area contributed by atoms with E-state index >= 15 is 0 Å². The van der Waals surface area contributed by atoms with Crippen LogP contribution in [0.5, 0.6) is 0 Å². The summed E-state index contributed by atoms with van der Waals surface area (Å²) in [5.74, 6) is 0.711. The average Bonchev–Trinajstić information content (AvgIpc) is 3.25. The lowest BCUT2D eigenvalue weighted by atomic mass is 10.0. The number of rotatable bonds is 8. The zero-order valence-electron chi connectivity index (χ0n) is 17.7. The molecule has 1 aromatic rings.